The molecule has 0 aliphatic carbocycles. The molecule has 1 nitrogen and oxygen atoms in total. The molecule has 15 heavy (non-hydrogen) atoms. The molecule has 1 fully saturated rings. The summed E-state index contributed by atoms with van der Waals surface area (Å²) in [7, 11) is 4.07. The first-order valence-corrected chi connectivity index (χ1v) is 6.05. The second kappa shape index (κ2) is 5.32. The molecule has 0 spiro atoms. The van der Waals surface area contributed by atoms with Gasteiger partial charge in [0, 0.05) is 0 Å². The average molecular weight is 203 g/mol. The second-order valence-corrected chi connectivity index (χ2v) is 4.72. The van der Waals surface area contributed by atoms with Crippen LogP contribution in [-0.4, -0.2) is 13.1 Å². The fraction of sp³-hybridized carbons (Fsp3) is 0.500. The highest BCUT2D eigenvalue weighted by molar-refractivity contribution is 5.14. The van der Waals surface area contributed by atoms with Crippen molar-refractivity contribution in [1.82, 2.24) is 0 Å². The first-order chi connectivity index (χ1) is 7.34. The van der Waals surface area contributed by atoms with Crippen LogP contribution in [0.5, 0.6) is 0 Å². The summed E-state index contributed by atoms with van der Waals surface area (Å²) in [6.07, 6.45) is 5.34. The first-order valence-electron chi connectivity index (χ1n) is 6.05. The molecule has 1 aliphatic rings. The molecule has 1 aromatic rings. The Kier molecular flexibility index (Phi) is 3.79. The molecule has 82 valence electrons. The Morgan fingerprint density at radius 2 is 1.80 bits per heavy atom. The number of nitrogens with one attached hydrogen (secondary N) is 1. The van der Waals surface area contributed by atoms with Gasteiger partial charge in [0.05, 0.1) is 13.1 Å². The molecule has 1 aromatic carbocycles. The fourth-order valence-corrected chi connectivity index (χ4v) is 2.39. The summed E-state index contributed by atoms with van der Waals surface area (Å²) >= 11 is 0. The number of quaternary nitrogens is 1. The van der Waals surface area contributed by atoms with Crippen LogP contribution in [0.15, 0.2) is 30.3 Å². The van der Waals surface area contributed by atoms with E-state index in [1.54, 1.807) is 0 Å². The van der Waals surface area contributed by atoms with Crippen LogP contribution in [-0.2, 0) is 6.42 Å². The summed E-state index contributed by atoms with van der Waals surface area (Å²) in [6.45, 7) is 2.53. The van der Waals surface area contributed by atoms with Crippen LogP contribution in [0.2, 0.25) is 0 Å². The molecule has 0 unspecified atom stereocenters. The van der Waals surface area contributed by atoms with Crippen molar-refractivity contribution in [3.63, 3.8) is 0 Å². The number of hydrogen-bond donors (Lipinski definition) is 1. The molecule has 0 amide bonds. The van der Waals surface area contributed by atoms with Crippen LogP contribution in [0.25, 0.3) is 0 Å². The van der Waals surface area contributed by atoms with E-state index < -0.39 is 0 Å². The third kappa shape index (κ3) is 3.35. The normalized spacial score (nSPS) is 26.5. The van der Waals surface area contributed by atoms with Gasteiger partial charge in [-0.05, 0) is 37.2 Å². The maximum Gasteiger partial charge on any atom is 0.0533 e. The van der Waals surface area contributed by atoms with Crippen LogP contribution >= 0.6 is 0 Å². The van der Waals surface area contributed by atoms with Gasteiger partial charge in [0.25, 0.3) is 0 Å². The predicted molar refractivity (Wildman–Crippen MR) is 63.5 cm³/mol. The summed E-state index contributed by atoms with van der Waals surface area (Å²) in [5.41, 5.74) is 1.49. The molecule has 1 heteroatoms. The highest BCUT2D eigenvalue weighted by Gasteiger charge is 2.16. The van der Waals surface area contributed by atoms with Gasteiger partial charge < -0.3 is 4.90 Å². The largest absolute Gasteiger partial charge is 0.468 e. The van der Waals surface area contributed by atoms with Gasteiger partial charge in [0.15, 0.2) is 0 Å². The van der Waals surface area contributed by atoms with Crippen molar-refractivity contribution in [3.8, 4) is 0 Å². The van der Waals surface area contributed by atoms with Crippen LogP contribution < -0.4 is 4.90 Å². The SMILES string of the molecule is [CH2-][NH+]1CCC(CCc2ccccc2)CC1. The van der Waals surface area contributed by atoms with Crippen LogP contribution in [0.1, 0.15) is 24.8 Å². The highest BCUT2D eigenvalue weighted by Crippen LogP contribution is 2.17. The Labute approximate surface area is 93.1 Å². The molecule has 1 heterocycles. The van der Waals surface area contributed by atoms with Crippen LogP contribution in [0.4, 0.5) is 0 Å². The molecule has 0 bridgehead atoms. The van der Waals surface area contributed by atoms with E-state index in [-0.39, 0.29) is 0 Å². The van der Waals surface area contributed by atoms with Crippen molar-refractivity contribution in [2.45, 2.75) is 25.7 Å². The van der Waals surface area contributed by atoms with Gasteiger partial charge in [-0.1, -0.05) is 30.3 Å². The van der Waals surface area contributed by atoms with E-state index in [1.165, 1.54) is 49.2 Å². The first kappa shape index (κ1) is 10.7. The topological polar surface area (TPSA) is 4.44 Å². The molecule has 1 N–H and O–H groups in total. The summed E-state index contributed by atoms with van der Waals surface area (Å²) < 4.78 is 0. The fourth-order valence-electron chi connectivity index (χ4n) is 2.39. The van der Waals surface area contributed by atoms with E-state index in [2.05, 4.69) is 37.4 Å². The molecule has 0 aromatic heterocycles. The Bertz CT molecular complexity index is 273. The van der Waals surface area contributed by atoms with Gasteiger partial charge in [-0.3, -0.25) is 0 Å². The van der Waals surface area contributed by atoms with Crippen molar-refractivity contribution >= 4 is 0 Å². The number of rotatable bonds is 3. The van der Waals surface area contributed by atoms with E-state index in [0.29, 0.717) is 0 Å². The third-order valence-corrected chi connectivity index (χ3v) is 3.50. The minimum Gasteiger partial charge on any atom is -0.468 e. The van der Waals surface area contributed by atoms with Crippen LogP contribution in [0, 0.1) is 13.0 Å². The lowest BCUT2D eigenvalue weighted by molar-refractivity contribution is -0.860. The van der Waals surface area contributed by atoms with E-state index in [9.17, 15) is 0 Å². The van der Waals surface area contributed by atoms with Crippen molar-refractivity contribution in [1.29, 1.82) is 0 Å². The Morgan fingerprint density at radius 1 is 1.13 bits per heavy atom. The predicted octanol–water partition coefficient (Wildman–Crippen LogP) is 1.71. The lowest BCUT2D eigenvalue weighted by Gasteiger charge is -2.31. The molecular weight excluding hydrogens is 182 g/mol. The number of likely N-dealkylation sites (tertiary alicyclic amines) is 1. The number of hydrogen-bond acceptors (Lipinski definition) is 0. The lowest BCUT2D eigenvalue weighted by Crippen LogP contribution is -3.08. The van der Waals surface area contributed by atoms with Crippen molar-refractivity contribution in [3.05, 3.63) is 42.9 Å². The molecule has 0 atom stereocenters. The third-order valence-electron chi connectivity index (χ3n) is 3.50. The average Bonchev–Trinajstić information content (AvgIpc) is 2.30. The van der Waals surface area contributed by atoms with Gasteiger partial charge in [-0.2, -0.15) is 7.05 Å². The standard InChI is InChI=1S/C14H21N/c1-15-11-9-14(10-12-15)8-7-13-5-3-2-4-6-13/h2-6,14-15H,1,7-12H2. The summed E-state index contributed by atoms with van der Waals surface area (Å²) in [5, 5.41) is 0. The van der Waals surface area contributed by atoms with Crippen molar-refractivity contribution in [2.75, 3.05) is 13.1 Å². The zero-order valence-corrected chi connectivity index (χ0v) is 9.41. The Morgan fingerprint density at radius 3 is 2.47 bits per heavy atom. The van der Waals surface area contributed by atoms with E-state index in [4.69, 9.17) is 0 Å². The van der Waals surface area contributed by atoms with Crippen LogP contribution in [0.3, 0.4) is 0 Å². The van der Waals surface area contributed by atoms with E-state index >= 15 is 0 Å². The monoisotopic (exact) mass is 203 g/mol. The van der Waals surface area contributed by atoms with E-state index in [0.717, 1.165) is 5.92 Å². The molecule has 0 saturated carbocycles. The second-order valence-electron chi connectivity index (χ2n) is 4.72. The molecule has 1 saturated heterocycles. The minimum absolute atomic E-state index is 0.940. The Balaban J connectivity index is 1.74. The maximum atomic E-state index is 4.07. The number of aryl methyl sites for hydroxylation is 1. The Hall–Kier alpha value is -0.820. The number of piperidine rings is 1. The molecule has 1 aliphatic heterocycles. The van der Waals surface area contributed by atoms with Gasteiger partial charge in [-0.25, -0.2) is 0 Å². The smallest absolute Gasteiger partial charge is 0.0533 e. The maximum absolute atomic E-state index is 4.07. The minimum atomic E-state index is 0.940. The zero-order chi connectivity index (χ0) is 10.5. The summed E-state index contributed by atoms with van der Waals surface area (Å²) in [4.78, 5) is 1.46. The van der Waals surface area contributed by atoms with Gasteiger partial charge in [0.2, 0.25) is 0 Å². The van der Waals surface area contributed by atoms with E-state index in [1.807, 2.05) is 0 Å². The number of benzene rings is 1. The molecular formula is C14H21N. The lowest BCUT2D eigenvalue weighted by atomic mass is 9.91. The van der Waals surface area contributed by atoms with Gasteiger partial charge >= 0.3 is 0 Å². The van der Waals surface area contributed by atoms with Gasteiger partial charge in [0.1, 0.15) is 0 Å². The quantitative estimate of drug-likeness (QED) is 0.713. The summed E-state index contributed by atoms with van der Waals surface area (Å²) in [5.74, 6) is 0.940. The molecule has 0 radical (unpaired) electrons. The van der Waals surface area contributed by atoms with Gasteiger partial charge in [-0.15, -0.1) is 0 Å². The van der Waals surface area contributed by atoms with Crippen molar-refractivity contribution < 1.29 is 4.90 Å². The highest BCUT2D eigenvalue weighted by atomic mass is 15.1. The molecule has 2 rings (SSSR count). The zero-order valence-electron chi connectivity index (χ0n) is 9.41. The van der Waals surface area contributed by atoms with Crippen molar-refractivity contribution in [2.24, 2.45) is 5.92 Å². The summed E-state index contributed by atoms with van der Waals surface area (Å²) in [6, 6.07) is 10.8.